The van der Waals surface area contributed by atoms with Gasteiger partial charge in [-0.1, -0.05) is 36.4 Å². The Labute approximate surface area is 89.0 Å². The predicted molar refractivity (Wildman–Crippen MR) is 62.6 cm³/mol. The summed E-state index contributed by atoms with van der Waals surface area (Å²) in [5.74, 6) is 0.999. The molecule has 0 spiro atoms. The summed E-state index contributed by atoms with van der Waals surface area (Å²) in [4.78, 5) is 0. The minimum absolute atomic E-state index is 0.970. The molecule has 2 aromatic carbocycles. The van der Waals surface area contributed by atoms with E-state index in [0.29, 0.717) is 0 Å². The van der Waals surface area contributed by atoms with Crippen LogP contribution in [-0.4, -0.2) is 7.11 Å². The van der Waals surface area contributed by atoms with Crippen molar-refractivity contribution < 1.29 is 4.74 Å². The fraction of sp³-hybridized carbons (Fsp3) is 0.143. The van der Waals surface area contributed by atoms with Crippen LogP contribution in [0.1, 0.15) is 11.1 Å². The summed E-state index contributed by atoms with van der Waals surface area (Å²) in [5, 5.41) is 2.65. The van der Waals surface area contributed by atoms with Gasteiger partial charge < -0.3 is 4.74 Å². The van der Waals surface area contributed by atoms with E-state index in [1.165, 1.54) is 21.9 Å². The second-order valence-electron chi connectivity index (χ2n) is 3.80. The third kappa shape index (κ3) is 1.16. The third-order valence-corrected chi connectivity index (χ3v) is 2.98. The maximum absolute atomic E-state index is 5.40. The van der Waals surface area contributed by atoms with Crippen LogP contribution >= 0.6 is 0 Å². The van der Waals surface area contributed by atoms with Crippen molar-refractivity contribution in [2.75, 3.05) is 7.11 Å². The Bertz CT molecular complexity index is 547. The molecule has 3 rings (SSSR count). The molecule has 1 nitrogen and oxygen atoms in total. The molecule has 74 valence electrons. The zero-order valence-corrected chi connectivity index (χ0v) is 8.66. The fourth-order valence-corrected chi connectivity index (χ4v) is 2.30. The van der Waals surface area contributed by atoms with Gasteiger partial charge in [-0.25, -0.2) is 0 Å². The van der Waals surface area contributed by atoms with Crippen LogP contribution < -0.4 is 0 Å². The highest BCUT2D eigenvalue weighted by atomic mass is 16.5. The molecule has 15 heavy (non-hydrogen) atoms. The van der Waals surface area contributed by atoms with E-state index in [4.69, 9.17) is 4.74 Å². The first kappa shape index (κ1) is 8.54. The van der Waals surface area contributed by atoms with Gasteiger partial charge in [0.2, 0.25) is 0 Å². The lowest BCUT2D eigenvalue weighted by Crippen LogP contribution is -1.99. The van der Waals surface area contributed by atoms with Gasteiger partial charge in [0.25, 0.3) is 0 Å². The summed E-state index contributed by atoms with van der Waals surface area (Å²) < 4.78 is 5.40. The Morgan fingerprint density at radius 1 is 1.07 bits per heavy atom. The summed E-state index contributed by atoms with van der Waals surface area (Å²) in [7, 11) is 1.73. The topological polar surface area (TPSA) is 9.23 Å². The number of hydrogen-bond acceptors (Lipinski definition) is 1. The lowest BCUT2D eigenvalue weighted by Gasteiger charge is -2.17. The van der Waals surface area contributed by atoms with Crippen LogP contribution in [0, 0.1) is 0 Å². The summed E-state index contributed by atoms with van der Waals surface area (Å²) >= 11 is 0. The van der Waals surface area contributed by atoms with Crippen molar-refractivity contribution in [3.05, 3.63) is 53.6 Å². The molecule has 2 aromatic rings. The number of ether oxygens (including phenoxy) is 1. The fourth-order valence-electron chi connectivity index (χ4n) is 2.30. The van der Waals surface area contributed by atoms with Crippen LogP contribution in [0.2, 0.25) is 0 Å². The van der Waals surface area contributed by atoms with Gasteiger partial charge in [-0.2, -0.15) is 0 Å². The molecule has 0 saturated carbocycles. The molecule has 0 fully saturated rings. The maximum atomic E-state index is 5.40. The molecule has 0 aliphatic heterocycles. The van der Waals surface area contributed by atoms with Crippen molar-refractivity contribution >= 4 is 16.5 Å². The summed E-state index contributed by atoms with van der Waals surface area (Å²) in [6.45, 7) is 0. The van der Waals surface area contributed by atoms with Crippen molar-refractivity contribution in [3.8, 4) is 0 Å². The van der Waals surface area contributed by atoms with Crippen molar-refractivity contribution in [2.45, 2.75) is 6.42 Å². The van der Waals surface area contributed by atoms with E-state index < -0.39 is 0 Å². The molecule has 1 aliphatic carbocycles. The van der Waals surface area contributed by atoms with E-state index in [-0.39, 0.29) is 0 Å². The quantitative estimate of drug-likeness (QED) is 0.679. The predicted octanol–water partition coefficient (Wildman–Crippen LogP) is 3.38. The van der Waals surface area contributed by atoms with Crippen LogP contribution in [0.3, 0.4) is 0 Å². The molecule has 0 N–H and O–H groups in total. The van der Waals surface area contributed by atoms with Crippen LogP contribution in [0.4, 0.5) is 0 Å². The lowest BCUT2D eigenvalue weighted by atomic mass is 9.92. The van der Waals surface area contributed by atoms with Gasteiger partial charge in [-0.15, -0.1) is 0 Å². The van der Waals surface area contributed by atoms with Gasteiger partial charge in [0.05, 0.1) is 7.11 Å². The molecule has 0 amide bonds. The zero-order valence-electron chi connectivity index (χ0n) is 8.66. The Morgan fingerprint density at radius 3 is 2.67 bits per heavy atom. The molecule has 0 radical (unpaired) electrons. The zero-order chi connectivity index (χ0) is 10.3. The Balaban J connectivity index is 2.42. The van der Waals surface area contributed by atoms with Gasteiger partial charge in [0.1, 0.15) is 5.76 Å². The second kappa shape index (κ2) is 3.13. The van der Waals surface area contributed by atoms with E-state index in [0.717, 1.165) is 12.2 Å². The normalized spacial score (nSPS) is 13.8. The van der Waals surface area contributed by atoms with E-state index in [2.05, 4.69) is 42.5 Å². The molecule has 1 aliphatic rings. The molecular formula is C14H12O. The van der Waals surface area contributed by atoms with Gasteiger partial charge in [0, 0.05) is 5.56 Å². The highest BCUT2D eigenvalue weighted by molar-refractivity contribution is 5.96. The van der Waals surface area contributed by atoms with E-state index in [9.17, 15) is 0 Å². The highest BCUT2D eigenvalue weighted by Gasteiger charge is 2.13. The number of rotatable bonds is 1. The van der Waals surface area contributed by atoms with Crippen LogP contribution in [0.15, 0.2) is 42.5 Å². The van der Waals surface area contributed by atoms with Crippen molar-refractivity contribution in [3.63, 3.8) is 0 Å². The number of benzene rings is 2. The monoisotopic (exact) mass is 196 g/mol. The molecule has 0 saturated heterocycles. The molecule has 0 unspecified atom stereocenters. The average Bonchev–Trinajstić information content (AvgIpc) is 2.30. The largest absolute Gasteiger partial charge is 0.496 e. The van der Waals surface area contributed by atoms with Crippen LogP contribution in [0.5, 0.6) is 0 Å². The summed E-state index contributed by atoms with van der Waals surface area (Å²) in [6.07, 6.45) is 3.12. The first-order valence-electron chi connectivity index (χ1n) is 5.15. The second-order valence-corrected chi connectivity index (χ2v) is 3.80. The standard InChI is InChI=1S/C14H12O/c1-15-13-9-8-11-5-2-4-10-6-3-7-12(13)14(10)11/h2-7,9H,8H2,1H3. The molecular weight excluding hydrogens is 184 g/mol. The Morgan fingerprint density at radius 2 is 1.87 bits per heavy atom. The van der Waals surface area contributed by atoms with E-state index >= 15 is 0 Å². The van der Waals surface area contributed by atoms with Gasteiger partial charge in [-0.05, 0) is 28.8 Å². The smallest absolute Gasteiger partial charge is 0.123 e. The Kier molecular flexibility index (Phi) is 1.78. The van der Waals surface area contributed by atoms with Gasteiger partial charge in [-0.3, -0.25) is 0 Å². The first-order chi connectivity index (χ1) is 7.40. The van der Waals surface area contributed by atoms with Crippen molar-refractivity contribution in [2.24, 2.45) is 0 Å². The summed E-state index contributed by atoms with van der Waals surface area (Å²) in [5.41, 5.74) is 2.61. The number of allylic oxidation sites excluding steroid dienone is 1. The van der Waals surface area contributed by atoms with Gasteiger partial charge >= 0.3 is 0 Å². The molecule has 0 aromatic heterocycles. The molecule has 1 heteroatoms. The minimum Gasteiger partial charge on any atom is -0.496 e. The van der Waals surface area contributed by atoms with E-state index in [1.807, 2.05) is 0 Å². The van der Waals surface area contributed by atoms with Crippen LogP contribution in [0.25, 0.3) is 16.5 Å². The van der Waals surface area contributed by atoms with Crippen LogP contribution in [-0.2, 0) is 11.2 Å². The van der Waals surface area contributed by atoms with E-state index in [1.54, 1.807) is 7.11 Å². The summed E-state index contributed by atoms with van der Waals surface area (Å²) in [6, 6.07) is 12.8. The third-order valence-electron chi connectivity index (χ3n) is 2.98. The van der Waals surface area contributed by atoms with Crippen molar-refractivity contribution in [1.82, 2.24) is 0 Å². The molecule has 0 heterocycles. The molecule has 0 bridgehead atoms. The average molecular weight is 196 g/mol. The first-order valence-corrected chi connectivity index (χ1v) is 5.15. The van der Waals surface area contributed by atoms with Crippen molar-refractivity contribution in [1.29, 1.82) is 0 Å². The minimum atomic E-state index is 0.970. The number of methoxy groups -OCH3 is 1. The number of hydrogen-bond donors (Lipinski definition) is 0. The highest BCUT2D eigenvalue weighted by Crippen LogP contribution is 2.32. The van der Waals surface area contributed by atoms with Gasteiger partial charge in [0.15, 0.2) is 0 Å². The lowest BCUT2D eigenvalue weighted by molar-refractivity contribution is 0.369. The SMILES string of the molecule is COC1=CCc2cccc3cccc1c23. The molecule has 0 atom stereocenters. The maximum Gasteiger partial charge on any atom is 0.123 e. The Hall–Kier alpha value is -1.76.